The molecule has 1 rings (SSSR count). The Labute approximate surface area is 91.9 Å². The molecule has 0 radical (unpaired) electrons. The first-order valence-electron chi connectivity index (χ1n) is 5.53. The number of hydrogen-bond donors (Lipinski definition) is 1. The van der Waals surface area contributed by atoms with Crippen molar-refractivity contribution >= 4 is 0 Å². The summed E-state index contributed by atoms with van der Waals surface area (Å²) in [5.41, 5.74) is 0. The van der Waals surface area contributed by atoms with Crippen LogP contribution in [0, 0.1) is 12.3 Å². The van der Waals surface area contributed by atoms with Gasteiger partial charge in [0.15, 0.2) is 0 Å². The van der Waals surface area contributed by atoms with Gasteiger partial charge in [0.25, 0.3) is 0 Å². The molecule has 1 aromatic heterocycles. The van der Waals surface area contributed by atoms with Crippen LogP contribution in [-0.4, -0.2) is 22.6 Å². The van der Waals surface area contributed by atoms with E-state index in [9.17, 15) is 0 Å². The highest BCUT2D eigenvalue weighted by atomic mass is 15.0. The fourth-order valence-electron chi connectivity index (χ4n) is 1.40. The van der Waals surface area contributed by atoms with Crippen LogP contribution in [0.15, 0.2) is 18.7 Å². The van der Waals surface area contributed by atoms with Gasteiger partial charge in [0.2, 0.25) is 0 Å². The molecule has 0 unspecified atom stereocenters. The van der Waals surface area contributed by atoms with Gasteiger partial charge in [-0.2, -0.15) is 0 Å². The molecule has 0 aliphatic rings. The van der Waals surface area contributed by atoms with Crippen molar-refractivity contribution in [2.45, 2.75) is 32.2 Å². The maximum Gasteiger partial charge on any atom is 0.0945 e. The average Bonchev–Trinajstić information content (AvgIpc) is 2.75. The molecule has 1 aromatic rings. The van der Waals surface area contributed by atoms with Crippen molar-refractivity contribution in [3.8, 4) is 12.3 Å². The summed E-state index contributed by atoms with van der Waals surface area (Å²) in [6.45, 7) is 3.18. The van der Waals surface area contributed by atoms with Gasteiger partial charge in [0.05, 0.1) is 6.33 Å². The summed E-state index contributed by atoms with van der Waals surface area (Å²) < 4.78 is 2.11. The molecule has 0 atom stereocenters. The maximum absolute atomic E-state index is 5.16. The lowest BCUT2D eigenvalue weighted by atomic mass is 10.3. The largest absolute Gasteiger partial charge is 0.337 e. The molecule has 0 aliphatic carbocycles. The number of hydrogen-bond acceptors (Lipinski definition) is 2. The van der Waals surface area contributed by atoms with Crippen LogP contribution in [0.1, 0.15) is 25.7 Å². The van der Waals surface area contributed by atoms with Gasteiger partial charge in [0, 0.05) is 25.4 Å². The zero-order valence-corrected chi connectivity index (χ0v) is 9.15. The van der Waals surface area contributed by atoms with Crippen molar-refractivity contribution in [3.63, 3.8) is 0 Å². The summed E-state index contributed by atoms with van der Waals surface area (Å²) in [7, 11) is 0. The highest BCUT2D eigenvalue weighted by molar-refractivity contribution is 4.83. The number of rotatable bonds is 8. The lowest BCUT2D eigenvalue weighted by Crippen LogP contribution is -2.16. The Morgan fingerprint density at radius 1 is 1.27 bits per heavy atom. The van der Waals surface area contributed by atoms with Crippen LogP contribution in [0.25, 0.3) is 0 Å². The lowest BCUT2D eigenvalue weighted by molar-refractivity contribution is 0.563. The van der Waals surface area contributed by atoms with Crippen molar-refractivity contribution in [2.75, 3.05) is 13.1 Å². The van der Waals surface area contributed by atoms with Crippen molar-refractivity contribution in [3.05, 3.63) is 18.7 Å². The molecular formula is C12H19N3. The molecule has 15 heavy (non-hydrogen) atoms. The summed E-state index contributed by atoms with van der Waals surface area (Å²) in [6, 6.07) is 0. The Morgan fingerprint density at radius 3 is 2.87 bits per heavy atom. The van der Waals surface area contributed by atoms with Crippen molar-refractivity contribution in [1.82, 2.24) is 14.9 Å². The molecular weight excluding hydrogens is 186 g/mol. The second-order valence-corrected chi connectivity index (χ2v) is 3.57. The second-order valence-electron chi connectivity index (χ2n) is 3.57. The lowest BCUT2D eigenvalue weighted by Gasteiger charge is -2.04. The van der Waals surface area contributed by atoms with Gasteiger partial charge in [-0.1, -0.05) is 0 Å². The van der Waals surface area contributed by atoms with E-state index in [0.29, 0.717) is 0 Å². The molecule has 1 heterocycles. The number of nitrogens with zero attached hydrogens (tertiary/aromatic N) is 2. The van der Waals surface area contributed by atoms with E-state index in [1.54, 1.807) is 0 Å². The summed E-state index contributed by atoms with van der Waals surface area (Å²) in [6.07, 6.45) is 15.2. The molecule has 3 nitrogen and oxygen atoms in total. The molecule has 1 N–H and O–H groups in total. The van der Waals surface area contributed by atoms with Crippen molar-refractivity contribution in [2.24, 2.45) is 0 Å². The van der Waals surface area contributed by atoms with Crippen LogP contribution in [0.5, 0.6) is 0 Å². The van der Waals surface area contributed by atoms with E-state index in [1.807, 2.05) is 18.7 Å². The molecule has 3 heteroatoms. The number of terminal acetylenes is 1. The topological polar surface area (TPSA) is 29.9 Å². The van der Waals surface area contributed by atoms with Gasteiger partial charge in [-0.25, -0.2) is 4.98 Å². The van der Waals surface area contributed by atoms with E-state index in [0.717, 1.165) is 32.5 Å². The number of unbranched alkanes of at least 4 members (excludes halogenated alkanes) is 2. The van der Waals surface area contributed by atoms with Gasteiger partial charge in [-0.05, 0) is 32.4 Å². The van der Waals surface area contributed by atoms with Gasteiger partial charge >= 0.3 is 0 Å². The van der Waals surface area contributed by atoms with E-state index in [-0.39, 0.29) is 0 Å². The fraction of sp³-hybridized carbons (Fsp3) is 0.583. The fourth-order valence-corrected chi connectivity index (χ4v) is 1.40. The predicted octanol–water partition coefficient (Wildman–Crippen LogP) is 1.67. The van der Waals surface area contributed by atoms with E-state index < -0.39 is 0 Å². The molecule has 0 aliphatic heterocycles. The minimum absolute atomic E-state index is 0.877. The third kappa shape index (κ3) is 5.92. The minimum atomic E-state index is 0.877. The average molecular weight is 205 g/mol. The zero-order chi connectivity index (χ0) is 10.8. The number of nitrogens with one attached hydrogen (secondary N) is 1. The second kappa shape index (κ2) is 8.07. The molecule has 0 amide bonds. The molecule has 0 saturated heterocycles. The zero-order valence-electron chi connectivity index (χ0n) is 9.15. The Morgan fingerprint density at radius 2 is 2.13 bits per heavy atom. The van der Waals surface area contributed by atoms with Crippen LogP contribution < -0.4 is 5.32 Å². The standard InChI is InChI=1S/C12H19N3/c1-2-3-4-7-13-8-5-6-10-15-11-9-14-12-15/h1,9,11-13H,3-8,10H2. The molecule has 0 spiro atoms. The molecule has 0 saturated carbocycles. The number of imidazole rings is 1. The van der Waals surface area contributed by atoms with Gasteiger partial charge in [-0.15, -0.1) is 12.3 Å². The third-order valence-corrected chi connectivity index (χ3v) is 2.25. The maximum atomic E-state index is 5.16. The first kappa shape index (κ1) is 11.8. The summed E-state index contributed by atoms with van der Waals surface area (Å²) in [5, 5.41) is 3.38. The molecule has 0 fully saturated rings. The molecule has 0 bridgehead atoms. The third-order valence-electron chi connectivity index (χ3n) is 2.25. The van der Waals surface area contributed by atoms with Crippen molar-refractivity contribution in [1.29, 1.82) is 0 Å². The SMILES string of the molecule is C#CCCCNCCCCn1ccnc1. The van der Waals surface area contributed by atoms with Gasteiger partial charge in [-0.3, -0.25) is 0 Å². The monoisotopic (exact) mass is 205 g/mol. The Bertz CT molecular complexity index is 272. The van der Waals surface area contributed by atoms with Crippen molar-refractivity contribution < 1.29 is 0 Å². The van der Waals surface area contributed by atoms with E-state index in [1.165, 1.54) is 12.8 Å². The Kier molecular flexibility index (Phi) is 6.35. The highest BCUT2D eigenvalue weighted by Crippen LogP contribution is 1.94. The van der Waals surface area contributed by atoms with Crippen LogP contribution >= 0.6 is 0 Å². The Hall–Kier alpha value is -1.27. The highest BCUT2D eigenvalue weighted by Gasteiger charge is 1.91. The number of aromatic nitrogens is 2. The Balaban J connectivity index is 1.84. The van der Waals surface area contributed by atoms with Crippen LogP contribution in [0.2, 0.25) is 0 Å². The normalized spacial score (nSPS) is 10.1. The van der Waals surface area contributed by atoms with Crippen LogP contribution in [-0.2, 0) is 6.54 Å². The first-order chi connectivity index (χ1) is 7.43. The number of aryl methyl sites for hydroxylation is 1. The minimum Gasteiger partial charge on any atom is -0.337 e. The van der Waals surface area contributed by atoms with Crippen LogP contribution in [0.4, 0.5) is 0 Å². The summed E-state index contributed by atoms with van der Waals surface area (Å²) in [5.74, 6) is 2.64. The van der Waals surface area contributed by atoms with Gasteiger partial charge < -0.3 is 9.88 Å². The summed E-state index contributed by atoms with van der Waals surface area (Å²) in [4.78, 5) is 4.00. The summed E-state index contributed by atoms with van der Waals surface area (Å²) >= 11 is 0. The van der Waals surface area contributed by atoms with Gasteiger partial charge in [0.1, 0.15) is 0 Å². The quantitative estimate of drug-likeness (QED) is 0.517. The molecule has 0 aromatic carbocycles. The van der Waals surface area contributed by atoms with E-state index >= 15 is 0 Å². The van der Waals surface area contributed by atoms with Crippen LogP contribution in [0.3, 0.4) is 0 Å². The predicted molar refractivity (Wildman–Crippen MR) is 62.4 cm³/mol. The van der Waals surface area contributed by atoms with E-state index in [2.05, 4.69) is 20.8 Å². The first-order valence-corrected chi connectivity index (χ1v) is 5.53. The van der Waals surface area contributed by atoms with E-state index in [4.69, 9.17) is 6.42 Å². The molecule has 82 valence electrons. The smallest absolute Gasteiger partial charge is 0.0945 e.